The Hall–Kier alpha value is -2.05. The van der Waals surface area contributed by atoms with Gasteiger partial charge in [0.1, 0.15) is 6.04 Å². The van der Waals surface area contributed by atoms with E-state index in [-0.39, 0.29) is 23.9 Å². The lowest BCUT2D eigenvalue weighted by Crippen LogP contribution is -2.31. The molecule has 0 aromatic carbocycles. The Morgan fingerprint density at radius 1 is 1.63 bits per heavy atom. The highest BCUT2D eigenvalue weighted by Crippen LogP contribution is 2.21. The second kappa shape index (κ2) is 5.73. The summed E-state index contributed by atoms with van der Waals surface area (Å²) in [6.45, 7) is 2.65. The summed E-state index contributed by atoms with van der Waals surface area (Å²) in [7, 11) is 0. The maximum absolute atomic E-state index is 11.9. The SMILES string of the molecule is CCOC(=O)c1nn(C2CCCCNC2=O)cc1N. The number of nitrogens with zero attached hydrogens (tertiary/aromatic N) is 2. The molecular weight excluding hydrogens is 248 g/mol. The quantitative estimate of drug-likeness (QED) is 0.775. The molecule has 0 radical (unpaired) electrons. The zero-order valence-electron chi connectivity index (χ0n) is 10.9. The van der Waals surface area contributed by atoms with Crippen molar-refractivity contribution in [1.82, 2.24) is 15.1 Å². The molecule has 1 aromatic heterocycles. The van der Waals surface area contributed by atoms with Crippen LogP contribution in [0.15, 0.2) is 6.20 Å². The van der Waals surface area contributed by atoms with Crippen molar-refractivity contribution in [2.45, 2.75) is 32.2 Å². The van der Waals surface area contributed by atoms with Crippen LogP contribution in [0.25, 0.3) is 0 Å². The van der Waals surface area contributed by atoms with Crippen LogP contribution in [0, 0.1) is 0 Å². The molecule has 1 atom stereocenters. The zero-order chi connectivity index (χ0) is 13.8. The van der Waals surface area contributed by atoms with Gasteiger partial charge in [0.25, 0.3) is 0 Å². The summed E-state index contributed by atoms with van der Waals surface area (Å²) in [5.74, 6) is -0.650. The first-order chi connectivity index (χ1) is 9.13. The van der Waals surface area contributed by atoms with Crippen LogP contribution < -0.4 is 11.1 Å². The maximum Gasteiger partial charge on any atom is 0.361 e. The van der Waals surface area contributed by atoms with Crippen molar-refractivity contribution < 1.29 is 14.3 Å². The molecule has 2 rings (SSSR count). The Morgan fingerprint density at radius 3 is 3.16 bits per heavy atom. The monoisotopic (exact) mass is 266 g/mol. The van der Waals surface area contributed by atoms with Crippen LogP contribution in [0.5, 0.6) is 0 Å². The number of aromatic nitrogens is 2. The van der Waals surface area contributed by atoms with Gasteiger partial charge in [-0.15, -0.1) is 0 Å². The molecule has 1 fully saturated rings. The fraction of sp³-hybridized carbons (Fsp3) is 0.583. The minimum absolute atomic E-state index is 0.0684. The average molecular weight is 266 g/mol. The van der Waals surface area contributed by atoms with Crippen LogP contribution in [-0.2, 0) is 9.53 Å². The molecule has 1 aliphatic heterocycles. The Kier molecular flexibility index (Phi) is 4.03. The number of carbonyl (C=O) groups is 2. The minimum atomic E-state index is -0.562. The predicted molar refractivity (Wildman–Crippen MR) is 68.5 cm³/mol. The molecule has 3 N–H and O–H groups in total. The second-order valence-electron chi connectivity index (χ2n) is 4.44. The maximum atomic E-state index is 11.9. The predicted octanol–water partition coefficient (Wildman–Crippen LogP) is 0.483. The normalized spacial score (nSPS) is 19.6. The van der Waals surface area contributed by atoms with Gasteiger partial charge >= 0.3 is 5.97 Å². The number of anilines is 1. The number of carbonyl (C=O) groups excluding carboxylic acids is 2. The Bertz CT molecular complexity index is 483. The van der Waals surface area contributed by atoms with E-state index >= 15 is 0 Å². The van der Waals surface area contributed by atoms with Gasteiger partial charge in [0.15, 0.2) is 5.69 Å². The molecule has 1 aliphatic rings. The van der Waals surface area contributed by atoms with E-state index in [1.165, 1.54) is 10.9 Å². The standard InChI is InChI=1S/C12H18N4O3/c1-2-19-12(18)10-8(13)7-16(15-10)9-5-3-4-6-14-11(9)17/h7,9H,2-6,13H2,1H3,(H,14,17). The van der Waals surface area contributed by atoms with Gasteiger partial charge in [-0.2, -0.15) is 5.10 Å². The summed E-state index contributed by atoms with van der Waals surface area (Å²) in [5, 5.41) is 6.92. The minimum Gasteiger partial charge on any atom is -0.461 e. The highest BCUT2D eigenvalue weighted by atomic mass is 16.5. The van der Waals surface area contributed by atoms with Crippen LogP contribution in [0.1, 0.15) is 42.7 Å². The molecule has 1 saturated heterocycles. The van der Waals surface area contributed by atoms with Crippen molar-refractivity contribution in [3.63, 3.8) is 0 Å². The van der Waals surface area contributed by atoms with E-state index in [4.69, 9.17) is 10.5 Å². The topological polar surface area (TPSA) is 99.2 Å². The molecule has 0 bridgehead atoms. The van der Waals surface area contributed by atoms with Gasteiger partial charge in [0.05, 0.1) is 12.3 Å². The molecule has 1 amide bonds. The van der Waals surface area contributed by atoms with Crippen molar-refractivity contribution in [3.05, 3.63) is 11.9 Å². The Labute approximate surface area is 111 Å². The van der Waals surface area contributed by atoms with Crippen molar-refractivity contribution >= 4 is 17.6 Å². The van der Waals surface area contributed by atoms with Gasteiger partial charge in [0.2, 0.25) is 5.91 Å². The van der Waals surface area contributed by atoms with Gasteiger partial charge < -0.3 is 15.8 Å². The number of ether oxygens (including phenoxy) is 1. The highest BCUT2D eigenvalue weighted by molar-refractivity contribution is 5.92. The van der Waals surface area contributed by atoms with Gasteiger partial charge in [-0.1, -0.05) is 0 Å². The summed E-state index contributed by atoms with van der Waals surface area (Å²) >= 11 is 0. The van der Waals surface area contributed by atoms with Crippen molar-refractivity contribution in [3.8, 4) is 0 Å². The third-order valence-electron chi connectivity index (χ3n) is 3.05. The number of nitrogens with two attached hydrogens (primary N) is 1. The lowest BCUT2D eigenvalue weighted by Gasteiger charge is -2.13. The number of nitrogen functional groups attached to an aromatic ring is 1. The molecule has 2 heterocycles. The van der Waals surface area contributed by atoms with E-state index in [2.05, 4.69) is 10.4 Å². The average Bonchev–Trinajstić information content (AvgIpc) is 2.62. The van der Waals surface area contributed by atoms with E-state index in [1.807, 2.05) is 0 Å². The van der Waals surface area contributed by atoms with Crippen molar-refractivity contribution in [2.24, 2.45) is 0 Å². The Balaban J connectivity index is 2.23. The molecule has 0 aliphatic carbocycles. The highest BCUT2D eigenvalue weighted by Gasteiger charge is 2.26. The van der Waals surface area contributed by atoms with Gasteiger partial charge in [-0.3, -0.25) is 9.48 Å². The Morgan fingerprint density at radius 2 is 2.42 bits per heavy atom. The van der Waals surface area contributed by atoms with Crippen molar-refractivity contribution in [1.29, 1.82) is 0 Å². The lowest BCUT2D eigenvalue weighted by atomic mass is 10.1. The summed E-state index contributed by atoms with van der Waals surface area (Å²) in [5.41, 5.74) is 6.05. The molecule has 1 unspecified atom stereocenters. The summed E-state index contributed by atoms with van der Waals surface area (Å²) in [6, 6.07) is -0.409. The molecule has 104 valence electrons. The first kappa shape index (κ1) is 13.4. The van der Waals surface area contributed by atoms with Crippen LogP contribution in [-0.4, -0.2) is 34.8 Å². The first-order valence-electron chi connectivity index (χ1n) is 6.43. The van der Waals surface area contributed by atoms with E-state index < -0.39 is 12.0 Å². The third-order valence-corrected chi connectivity index (χ3v) is 3.05. The van der Waals surface area contributed by atoms with Gasteiger partial charge in [-0.05, 0) is 26.2 Å². The van der Waals surface area contributed by atoms with E-state index in [0.717, 1.165) is 12.8 Å². The molecule has 7 nitrogen and oxygen atoms in total. The second-order valence-corrected chi connectivity index (χ2v) is 4.44. The zero-order valence-corrected chi connectivity index (χ0v) is 10.9. The van der Waals surface area contributed by atoms with E-state index in [1.54, 1.807) is 6.92 Å². The van der Waals surface area contributed by atoms with Crippen molar-refractivity contribution in [2.75, 3.05) is 18.9 Å². The van der Waals surface area contributed by atoms with Crippen LogP contribution in [0.2, 0.25) is 0 Å². The van der Waals surface area contributed by atoms with E-state index in [9.17, 15) is 9.59 Å². The fourth-order valence-corrected chi connectivity index (χ4v) is 2.10. The number of amides is 1. The fourth-order valence-electron chi connectivity index (χ4n) is 2.10. The van der Waals surface area contributed by atoms with Crippen LogP contribution >= 0.6 is 0 Å². The third kappa shape index (κ3) is 2.86. The van der Waals surface area contributed by atoms with Gasteiger partial charge in [0, 0.05) is 12.7 Å². The number of hydrogen-bond acceptors (Lipinski definition) is 5. The smallest absolute Gasteiger partial charge is 0.361 e. The number of esters is 1. The van der Waals surface area contributed by atoms with Crippen LogP contribution in [0.4, 0.5) is 5.69 Å². The van der Waals surface area contributed by atoms with Gasteiger partial charge in [-0.25, -0.2) is 4.79 Å². The summed E-state index contributed by atoms with van der Waals surface area (Å²) in [4.78, 5) is 23.5. The summed E-state index contributed by atoms with van der Waals surface area (Å²) < 4.78 is 6.33. The number of nitrogens with one attached hydrogen (secondary N) is 1. The lowest BCUT2D eigenvalue weighted by molar-refractivity contribution is -0.124. The molecule has 7 heteroatoms. The number of rotatable bonds is 3. The largest absolute Gasteiger partial charge is 0.461 e. The first-order valence-corrected chi connectivity index (χ1v) is 6.43. The molecule has 0 spiro atoms. The molecule has 19 heavy (non-hydrogen) atoms. The molecular formula is C12H18N4O3. The van der Waals surface area contributed by atoms with Crippen LogP contribution in [0.3, 0.4) is 0 Å². The number of hydrogen-bond donors (Lipinski definition) is 2. The van der Waals surface area contributed by atoms with E-state index in [0.29, 0.717) is 13.0 Å². The molecule has 1 aromatic rings. The molecule has 0 saturated carbocycles. The summed E-state index contributed by atoms with van der Waals surface area (Å²) in [6.07, 6.45) is 4.08.